The number of carbonyl (C=O) groups is 1. The van der Waals surface area contributed by atoms with Gasteiger partial charge in [-0.1, -0.05) is 22.6 Å². The van der Waals surface area contributed by atoms with Crippen LogP contribution in [0.15, 0.2) is 0 Å². The number of esters is 1. The second-order valence-electron chi connectivity index (χ2n) is 6.35. The maximum absolute atomic E-state index is 11.3. The molecule has 2 fully saturated rings. The minimum atomic E-state index is -0.251. The molecule has 0 spiro atoms. The Balaban J connectivity index is 1.94. The first-order valence-corrected chi connectivity index (χ1v) is 9.41. The van der Waals surface area contributed by atoms with Gasteiger partial charge in [0.2, 0.25) is 0 Å². The second kappa shape index (κ2) is 7.93. The minimum absolute atomic E-state index is 0.0188. The highest BCUT2D eigenvalue weighted by Gasteiger charge is 2.52. The highest BCUT2D eigenvalue weighted by molar-refractivity contribution is 14.1. The molecule has 0 aromatic heterocycles. The molecule has 2 saturated heterocycles. The Kier molecular flexibility index (Phi) is 6.47. The molecule has 2 aliphatic rings. The Labute approximate surface area is 145 Å². The van der Waals surface area contributed by atoms with Crippen LogP contribution in [0.25, 0.3) is 0 Å². The van der Waals surface area contributed by atoms with E-state index in [0.29, 0.717) is 12.8 Å². The van der Waals surface area contributed by atoms with Crippen molar-refractivity contribution in [3.8, 4) is 6.07 Å². The van der Waals surface area contributed by atoms with Crippen LogP contribution in [0.2, 0.25) is 0 Å². The molecule has 2 rings (SSSR count). The van der Waals surface area contributed by atoms with Crippen molar-refractivity contribution >= 4 is 28.6 Å². The minimum Gasteiger partial charge on any atom is -0.469 e. The molecule has 0 bridgehead atoms. The van der Waals surface area contributed by atoms with Crippen molar-refractivity contribution < 1.29 is 19.0 Å². The molecule has 124 valence electrons. The Hall–Kier alpha value is -0.390. The van der Waals surface area contributed by atoms with E-state index in [9.17, 15) is 4.79 Å². The predicted octanol–water partition coefficient (Wildman–Crippen LogP) is 3.00. The average molecular weight is 421 g/mol. The molecule has 2 unspecified atom stereocenters. The molecule has 0 radical (unpaired) electrons. The van der Waals surface area contributed by atoms with Crippen LogP contribution in [-0.2, 0) is 19.0 Å². The fourth-order valence-electron chi connectivity index (χ4n) is 3.44. The van der Waals surface area contributed by atoms with E-state index in [0.717, 1.165) is 30.1 Å². The van der Waals surface area contributed by atoms with Gasteiger partial charge >= 0.3 is 5.97 Å². The van der Waals surface area contributed by atoms with E-state index < -0.39 is 0 Å². The summed E-state index contributed by atoms with van der Waals surface area (Å²) < 4.78 is 18.1. The van der Waals surface area contributed by atoms with Gasteiger partial charge in [-0.2, -0.15) is 5.26 Å². The molecule has 2 heterocycles. The second-order valence-corrected chi connectivity index (χ2v) is 7.11. The van der Waals surface area contributed by atoms with E-state index in [4.69, 9.17) is 19.5 Å². The maximum atomic E-state index is 11.3. The summed E-state index contributed by atoms with van der Waals surface area (Å²) in [7, 11) is 1.41. The number of hydrogen-bond acceptors (Lipinski definition) is 5. The number of methoxy groups -OCH3 is 1. The summed E-state index contributed by atoms with van der Waals surface area (Å²) in [5.41, 5.74) is -0.251. The third kappa shape index (κ3) is 4.12. The summed E-state index contributed by atoms with van der Waals surface area (Å²) in [6, 6.07) is 2.29. The van der Waals surface area contributed by atoms with E-state index in [-0.39, 0.29) is 35.8 Å². The van der Waals surface area contributed by atoms with Crippen molar-refractivity contribution in [2.45, 2.75) is 69.4 Å². The summed E-state index contributed by atoms with van der Waals surface area (Å²) in [6.45, 7) is 1.94. The number of nitriles is 1. The normalized spacial score (nSPS) is 35.5. The molecule has 0 aromatic carbocycles. The molecule has 6 heteroatoms. The monoisotopic (exact) mass is 421 g/mol. The van der Waals surface area contributed by atoms with E-state index in [1.54, 1.807) is 0 Å². The fraction of sp³-hybridized carbons (Fsp3) is 0.875. The van der Waals surface area contributed by atoms with E-state index >= 15 is 0 Å². The lowest BCUT2D eigenvalue weighted by Gasteiger charge is -2.41. The van der Waals surface area contributed by atoms with Gasteiger partial charge in [0.05, 0.1) is 31.5 Å². The van der Waals surface area contributed by atoms with Crippen LogP contribution < -0.4 is 0 Å². The molecule has 5 nitrogen and oxygen atoms in total. The molecule has 2 aliphatic heterocycles. The van der Waals surface area contributed by atoms with Gasteiger partial charge in [-0.05, 0) is 32.6 Å². The Morgan fingerprint density at radius 2 is 2.27 bits per heavy atom. The van der Waals surface area contributed by atoms with Crippen LogP contribution in [0.3, 0.4) is 0 Å². The van der Waals surface area contributed by atoms with Gasteiger partial charge in [0.15, 0.2) is 0 Å². The van der Waals surface area contributed by atoms with Crippen LogP contribution in [0, 0.1) is 17.2 Å². The number of alkyl halides is 1. The molecule has 0 N–H and O–H groups in total. The van der Waals surface area contributed by atoms with Gasteiger partial charge in [0.1, 0.15) is 5.60 Å². The average Bonchev–Trinajstić information content (AvgIpc) is 2.90. The first kappa shape index (κ1) is 18.0. The largest absolute Gasteiger partial charge is 0.469 e. The SMILES string of the molecule is COC(=O)CC[C@H]1CC2(CI)OC(C[C@@H](C)C#N)CC[C@@H]2O1. The summed E-state index contributed by atoms with van der Waals surface area (Å²) in [6.07, 6.45) is 4.92. The molecule has 0 aromatic rings. The Bertz CT molecular complexity index is 438. The van der Waals surface area contributed by atoms with Crippen molar-refractivity contribution in [3.05, 3.63) is 0 Å². The number of rotatable bonds is 6. The lowest BCUT2D eigenvalue weighted by molar-refractivity contribution is -0.155. The first-order valence-electron chi connectivity index (χ1n) is 7.88. The fourth-order valence-corrected chi connectivity index (χ4v) is 4.42. The standard InChI is InChI=1S/C16H24INO4/c1-11(9-18)7-12-3-5-14-16(10-17,22-12)8-13(21-14)4-6-15(19)20-2/h11-14H,3-8,10H2,1-2H3/t11-,12?,13+,14+,16?/m1/s1. The van der Waals surface area contributed by atoms with Gasteiger partial charge in [0.25, 0.3) is 0 Å². The zero-order valence-electron chi connectivity index (χ0n) is 13.2. The quantitative estimate of drug-likeness (QED) is 0.375. The first-order chi connectivity index (χ1) is 10.5. The van der Waals surface area contributed by atoms with Crippen LogP contribution >= 0.6 is 22.6 Å². The van der Waals surface area contributed by atoms with Crippen LogP contribution in [0.1, 0.15) is 45.4 Å². The lowest BCUT2D eigenvalue weighted by atomic mass is 9.86. The topological polar surface area (TPSA) is 68.5 Å². The molecule has 0 aliphatic carbocycles. The smallest absolute Gasteiger partial charge is 0.305 e. The highest BCUT2D eigenvalue weighted by Crippen LogP contribution is 2.44. The summed E-state index contributed by atoms with van der Waals surface area (Å²) in [4.78, 5) is 11.3. The molecule has 22 heavy (non-hydrogen) atoms. The van der Waals surface area contributed by atoms with E-state index in [1.165, 1.54) is 7.11 Å². The molecule has 5 atom stereocenters. The molecular formula is C16H24INO4. The van der Waals surface area contributed by atoms with Gasteiger partial charge in [-0.25, -0.2) is 0 Å². The van der Waals surface area contributed by atoms with Gasteiger partial charge in [-0.15, -0.1) is 0 Å². The number of fused-ring (bicyclic) bond motifs is 1. The van der Waals surface area contributed by atoms with Gasteiger partial charge < -0.3 is 14.2 Å². The number of halogens is 1. The number of ether oxygens (including phenoxy) is 3. The molecular weight excluding hydrogens is 397 g/mol. The zero-order chi connectivity index (χ0) is 16.2. The van der Waals surface area contributed by atoms with Crippen molar-refractivity contribution in [2.75, 3.05) is 11.5 Å². The van der Waals surface area contributed by atoms with E-state index in [1.807, 2.05) is 6.92 Å². The summed E-state index contributed by atoms with van der Waals surface area (Å²) in [5.74, 6) is -0.172. The van der Waals surface area contributed by atoms with Crippen LogP contribution in [0.5, 0.6) is 0 Å². The van der Waals surface area contributed by atoms with Crippen LogP contribution in [0.4, 0.5) is 0 Å². The summed E-state index contributed by atoms with van der Waals surface area (Å²) >= 11 is 2.37. The lowest BCUT2D eigenvalue weighted by Crippen LogP contribution is -2.50. The van der Waals surface area contributed by atoms with Gasteiger partial charge in [-0.3, -0.25) is 4.79 Å². The van der Waals surface area contributed by atoms with Crippen molar-refractivity contribution in [3.63, 3.8) is 0 Å². The van der Waals surface area contributed by atoms with Crippen LogP contribution in [-0.4, -0.2) is 41.4 Å². The Morgan fingerprint density at radius 1 is 1.50 bits per heavy atom. The maximum Gasteiger partial charge on any atom is 0.305 e. The number of carbonyl (C=O) groups excluding carboxylic acids is 1. The number of nitrogens with zero attached hydrogens (tertiary/aromatic N) is 1. The Morgan fingerprint density at radius 3 is 2.91 bits per heavy atom. The van der Waals surface area contributed by atoms with Crippen molar-refractivity contribution in [2.24, 2.45) is 5.92 Å². The third-order valence-electron chi connectivity index (χ3n) is 4.63. The van der Waals surface area contributed by atoms with Crippen molar-refractivity contribution in [1.29, 1.82) is 5.26 Å². The van der Waals surface area contributed by atoms with Crippen molar-refractivity contribution in [1.82, 2.24) is 0 Å². The summed E-state index contributed by atoms with van der Waals surface area (Å²) in [5, 5.41) is 8.99. The third-order valence-corrected chi connectivity index (χ3v) is 5.92. The highest BCUT2D eigenvalue weighted by atomic mass is 127. The zero-order valence-corrected chi connectivity index (χ0v) is 15.4. The number of hydrogen-bond donors (Lipinski definition) is 0. The van der Waals surface area contributed by atoms with Gasteiger partial charge in [0, 0.05) is 23.2 Å². The molecule has 0 amide bonds. The predicted molar refractivity (Wildman–Crippen MR) is 89.6 cm³/mol. The van der Waals surface area contributed by atoms with E-state index in [2.05, 4.69) is 28.7 Å². The molecule has 0 saturated carbocycles.